The summed E-state index contributed by atoms with van der Waals surface area (Å²) in [4.78, 5) is 2.37. The minimum absolute atomic E-state index is 0.114. The first-order valence-corrected chi connectivity index (χ1v) is 9.80. The van der Waals surface area contributed by atoms with Gasteiger partial charge in [-0.1, -0.05) is 13.0 Å². The summed E-state index contributed by atoms with van der Waals surface area (Å²) in [5.74, 6) is 0. The van der Waals surface area contributed by atoms with Crippen LogP contribution in [0.2, 0.25) is 12.6 Å². The van der Waals surface area contributed by atoms with Gasteiger partial charge in [0.05, 0.1) is 12.7 Å². The van der Waals surface area contributed by atoms with E-state index in [2.05, 4.69) is 24.9 Å². The molecule has 0 spiro atoms. The maximum atomic E-state index is 6.27. The fourth-order valence-corrected chi connectivity index (χ4v) is 4.49. The topological polar surface area (TPSA) is 30.9 Å². The lowest BCUT2D eigenvalue weighted by atomic mass is 10.3. The molecule has 0 bridgehead atoms. The Morgan fingerprint density at radius 3 is 2.95 bits per heavy atom. The molecular weight excluding hydrogens is 258 g/mol. The van der Waals surface area contributed by atoms with Gasteiger partial charge in [-0.15, -0.1) is 6.58 Å². The molecule has 0 saturated carbocycles. The van der Waals surface area contributed by atoms with Crippen molar-refractivity contribution in [2.45, 2.75) is 38.5 Å². The van der Waals surface area contributed by atoms with Crippen molar-refractivity contribution < 1.29 is 13.6 Å². The number of hydrogen-bond acceptors (Lipinski definition) is 4. The molecule has 1 aliphatic heterocycles. The Kier molecular flexibility index (Phi) is 7.86. The third-order valence-electron chi connectivity index (χ3n) is 3.46. The molecule has 19 heavy (non-hydrogen) atoms. The van der Waals surface area contributed by atoms with E-state index in [1.807, 2.05) is 6.08 Å². The maximum Gasteiger partial charge on any atom is 0.335 e. The van der Waals surface area contributed by atoms with Gasteiger partial charge in [-0.25, -0.2) is 0 Å². The van der Waals surface area contributed by atoms with Crippen LogP contribution in [-0.4, -0.2) is 59.5 Å². The first-order valence-electron chi connectivity index (χ1n) is 7.27. The quantitative estimate of drug-likeness (QED) is 0.531. The molecule has 0 aromatic rings. The molecule has 112 valence electrons. The van der Waals surface area contributed by atoms with E-state index in [0.29, 0.717) is 6.61 Å². The molecule has 0 aromatic carbocycles. The first-order chi connectivity index (χ1) is 9.13. The summed E-state index contributed by atoms with van der Waals surface area (Å²) in [6, 6.07) is 1.01. The van der Waals surface area contributed by atoms with E-state index in [4.69, 9.17) is 13.6 Å². The monoisotopic (exact) mass is 287 g/mol. The van der Waals surface area contributed by atoms with Gasteiger partial charge in [0, 0.05) is 26.8 Å². The SMILES string of the molecule is C=CCN(CCC)CC1COCCC[Si](C)(OC)O1. The number of rotatable bonds is 7. The Hall–Kier alpha value is -0.203. The van der Waals surface area contributed by atoms with E-state index in [0.717, 1.165) is 45.1 Å². The normalized spacial score (nSPS) is 28.9. The van der Waals surface area contributed by atoms with Crippen molar-refractivity contribution in [3.05, 3.63) is 12.7 Å². The zero-order chi connectivity index (χ0) is 14.1. The predicted octanol–water partition coefficient (Wildman–Crippen LogP) is 2.41. The van der Waals surface area contributed by atoms with E-state index in [1.165, 1.54) is 0 Å². The highest BCUT2D eigenvalue weighted by Gasteiger charge is 2.34. The van der Waals surface area contributed by atoms with Crippen molar-refractivity contribution in [2.24, 2.45) is 0 Å². The van der Waals surface area contributed by atoms with Crippen LogP contribution in [0.15, 0.2) is 12.7 Å². The fourth-order valence-electron chi connectivity index (χ4n) is 2.44. The summed E-state index contributed by atoms with van der Waals surface area (Å²) < 4.78 is 17.6. The second-order valence-electron chi connectivity index (χ2n) is 5.30. The average molecular weight is 287 g/mol. The molecule has 4 nitrogen and oxygen atoms in total. The van der Waals surface area contributed by atoms with E-state index < -0.39 is 8.56 Å². The Morgan fingerprint density at radius 2 is 2.32 bits per heavy atom. The molecular formula is C14H29NO3Si. The number of hydrogen-bond donors (Lipinski definition) is 0. The van der Waals surface area contributed by atoms with Crippen LogP contribution in [0.3, 0.4) is 0 Å². The molecule has 2 unspecified atom stereocenters. The van der Waals surface area contributed by atoms with Crippen molar-refractivity contribution in [3.63, 3.8) is 0 Å². The van der Waals surface area contributed by atoms with Crippen molar-refractivity contribution in [3.8, 4) is 0 Å². The average Bonchev–Trinajstić information content (AvgIpc) is 2.36. The molecule has 0 aromatic heterocycles. The predicted molar refractivity (Wildman–Crippen MR) is 80.7 cm³/mol. The van der Waals surface area contributed by atoms with Gasteiger partial charge in [0.2, 0.25) is 0 Å². The van der Waals surface area contributed by atoms with Crippen molar-refractivity contribution in [1.82, 2.24) is 4.90 Å². The zero-order valence-corrected chi connectivity index (χ0v) is 13.7. The lowest BCUT2D eigenvalue weighted by Gasteiger charge is -2.35. The number of ether oxygens (including phenoxy) is 1. The van der Waals surface area contributed by atoms with E-state index in [-0.39, 0.29) is 6.10 Å². The zero-order valence-electron chi connectivity index (χ0n) is 12.7. The van der Waals surface area contributed by atoms with E-state index >= 15 is 0 Å². The molecule has 0 radical (unpaired) electrons. The van der Waals surface area contributed by atoms with Crippen molar-refractivity contribution >= 4 is 8.56 Å². The van der Waals surface area contributed by atoms with Crippen LogP contribution in [0.4, 0.5) is 0 Å². The van der Waals surface area contributed by atoms with E-state index in [9.17, 15) is 0 Å². The minimum atomic E-state index is -2.00. The fraction of sp³-hybridized carbons (Fsp3) is 0.857. The minimum Gasteiger partial charge on any atom is -0.398 e. The second-order valence-corrected chi connectivity index (χ2v) is 8.72. The van der Waals surface area contributed by atoms with Gasteiger partial charge in [0.15, 0.2) is 0 Å². The van der Waals surface area contributed by atoms with Crippen molar-refractivity contribution in [2.75, 3.05) is 40.0 Å². The van der Waals surface area contributed by atoms with Crippen LogP contribution >= 0.6 is 0 Å². The highest BCUT2D eigenvalue weighted by atomic mass is 28.4. The Balaban J connectivity index is 2.58. The van der Waals surface area contributed by atoms with Gasteiger partial charge in [-0.2, -0.15) is 0 Å². The van der Waals surface area contributed by atoms with Gasteiger partial charge in [-0.05, 0) is 32.0 Å². The smallest absolute Gasteiger partial charge is 0.335 e. The van der Waals surface area contributed by atoms with Crippen LogP contribution in [0.5, 0.6) is 0 Å². The molecule has 2 atom stereocenters. The summed E-state index contributed by atoms with van der Waals surface area (Å²) in [6.45, 7) is 12.5. The van der Waals surface area contributed by atoms with Gasteiger partial charge in [0.1, 0.15) is 0 Å². The summed E-state index contributed by atoms with van der Waals surface area (Å²) in [6.07, 6.45) is 4.24. The Morgan fingerprint density at radius 1 is 1.53 bits per heavy atom. The lowest BCUT2D eigenvalue weighted by molar-refractivity contribution is 0.00231. The lowest BCUT2D eigenvalue weighted by Crippen LogP contribution is -2.48. The summed E-state index contributed by atoms with van der Waals surface area (Å²) in [5.41, 5.74) is 0. The molecule has 5 heteroatoms. The summed E-state index contributed by atoms with van der Waals surface area (Å²) >= 11 is 0. The van der Waals surface area contributed by atoms with Crippen LogP contribution in [0.1, 0.15) is 19.8 Å². The van der Waals surface area contributed by atoms with Gasteiger partial charge in [-0.3, -0.25) is 4.90 Å². The molecule has 1 aliphatic rings. The van der Waals surface area contributed by atoms with Gasteiger partial charge in [0.25, 0.3) is 0 Å². The molecule has 0 N–H and O–H groups in total. The summed E-state index contributed by atoms with van der Waals surface area (Å²) in [7, 11) is -0.224. The maximum absolute atomic E-state index is 6.27. The largest absolute Gasteiger partial charge is 0.398 e. The van der Waals surface area contributed by atoms with Crippen LogP contribution in [-0.2, 0) is 13.6 Å². The third-order valence-corrected chi connectivity index (χ3v) is 6.42. The second kappa shape index (κ2) is 8.87. The van der Waals surface area contributed by atoms with Gasteiger partial charge < -0.3 is 13.6 Å². The Bertz CT molecular complexity index is 265. The highest BCUT2D eigenvalue weighted by molar-refractivity contribution is 6.66. The molecule has 1 fully saturated rings. The summed E-state index contributed by atoms with van der Waals surface area (Å²) in [5, 5.41) is 0. The molecule has 1 rings (SSSR count). The molecule has 1 heterocycles. The van der Waals surface area contributed by atoms with Gasteiger partial charge >= 0.3 is 8.56 Å². The van der Waals surface area contributed by atoms with E-state index in [1.54, 1.807) is 7.11 Å². The third kappa shape index (κ3) is 6.18. The standard InChI is InChI=1S/C14H29NO3Si/c1-5-8-15(9-6-2)12-14-13-17-10-7-11-19(4,16-3)18-14/h5,14H,1,6-13H2,2-4H3. The van der Waals surface area contributed by atoms with Crippen LogP contribution in [0.25, 0.3) is 0 Å². The first kappa shape index (κ1) is 16.9. The molecule has 0 aliphatic carbocycles. The molecule has 0 amide bonds. The highest BCUT2D eigenvalue weighted by Crippen LogP contribution is 2.20. The molecule has 1 saturated heterocycles. The van der Waals surface area contributed by atoms with Crippen LogP contribution in [0, 0.1) is 0 Å². The van der Waals surface area contributed by atoms with Crippen LogP contribution < -0.4 is 0 Å². The van der Waals surface area contributed by atoms with Crippen molar-refractivity contribution in [1.29, 1.82) is 0 Å². The number of nitrogens with zero attached hydrogens (tertiary/aromatic N) is 1. The Labute approximate surface area is 119 Å².